The van der Waals surface area contributed by atoms with E-state index < -0.39 is 0 Å². The Balaban J connectivity index is 0.000000363. The largest absolute Gasteiger partial charge is 0.473 e. The number of thiophene rings is 4. The Morgan fingerprint density at radius 1 is 0.261 bits per heavy atom. The summed E-state index contributed by atoms with van der Waals surface area (Å²) in [6, 6.07) is 72.6. The zero-order chi connectivity index (χ0) is 91.3. The highest BCUT2D eigenvalue weighted by molar-refractivity contribution is 7.25. The number of pyridine rings is 1. The molecule has 0 aliphatic heterocycles. The first-order valence-electron chi connectivity index (χ1n) is 38.7. The van der Waals surface area contributed by atoms with Gasteiger partial charge in [0.15, 0.2) is 6.39 Å². The molecular formula is C98H103N27O3S6. The fraction of sp³-hybridized carbons (Fsp3) is 0.0306. The van der Waals surface area contributed by atoms with Crippen LogP contribution in [0, 0.1) is 0 Å². The van der Waals surface area contributed by atoms with Crippen LogP contribution in [0.5, 0.6) is 0 Å². The van der Waals surface area contributed by atoms with Crippen LogP contribution in [0.1, 0.15) is 22.3 Å². The van der Waals surface area contributed by atoms with Crippen LogP contribution < -0.4 is 0 Å². The number of hydrogen-bond donors (Lipinski definition) is 6. The minimum absolute atomic E-state index is 0. The number of aromatic nitrogens is 27. The van der Waals surface area contributed by atoms with Crippen molar-refractivity contribution < 1.29 is 13.4 Å². The van der Waals surface area contributed by atoms with Crippen molar-refractivity contribution in [2.24, 2.45) is 0 Å². The number of H-pyrrole nitrogens is 6. The first kappa shape index (κ1) is 111. The summed E-state index contributed by atoms with van der Waals surface area (Å²) in [5, 5.41) is 33.6. The average molecular weight is 1900 g/mol. The Labute approximate surface area is 801 Å². The van der Waals surface area contributed by atoms with Crippen molar-refractivity contribution in [1.29, 1.82) is 0 Å². The molecule has 0 amide bonds. The van der Waals surface area contributed by atoms with Crippen molar-refractivity contribution in [3.8, 4) is 0 Å². The van der Waals surface area contributed by atoms with Crippen molar-refractivity contribution in [1.82, 2.24) is 135 Å². The van der Waals surface area contributed by atoms with E-state index in [1.807, 2.05) is 180 Å². The summed E-state index contributed by atoms with van der Waals surface area (Å²) in [5.74, 6) is 0. The number of nitrogens with one attached hydrogen (secondary N) is 6. The van der Waals surface area contributed by atoms with Crippen molar-refractivity contribution >= 4 is 121 Å². The Bertz CT molecular complexity index is 4960. The first-order chi connectivity index (χ1) is 65.3. The van der Waals surface area contributed by atoms with Gasteiger partial charge in [0.05, 0.1) is 71.5 Å². The lowest BCUT2D eigenvalue weighted by atomic mass is 10.3. The summed E-state index contributed by atoms with van der Waals surface area (Å²) in [4.78, 5) is 74.7. The van der Waals surface area contributed by atoms with Crippen molar-refractivity contribution in [3.05, 3.63) is 517 Å². The smallest absolute Gasteiger partial charge is 0.180 e. The number of hydrogen-bond acceptors (Lipinski definition) is 30. The lowest BCUT2D eigenvalue weighted by Crippen LogP contribution is -1.78. The van der Waals surface area contributed by atoms with Crippen LogP contribution in [0.15, 0.2) is 530 Å². The van der Waals surface area contributed by atoms with E-state index in [-0.39, 0.29) is 22.3 Å². The molecule has 0 saturated heterocycles. The molecule has 0 aliphatic rings. The van der Waals surface area contributed by atoms with Gasteiger partial charge in [0.1, 0.15) is 31.5 Å². The number of rotatable bonds is 0. The fourth-order valence-corrected chi connectivity index (χ4v) is 11.8. The predicted molar refractivity (Wildman–Crippen MR) is 547 cm³/mol. The third kappa shape index (κ3) is 63.0. The van der Waals surface area contributed by atoms with E-state index >= 15 is 0 Å². The van der Waals surface area contributed by atoms with Crippen molar-refractivity contribution in [2.75, 3.05) is 0 Å². The van der Waals surface area contributed by atoms with Crippen LogP contribution in [0.25, 0.3) is 52.5 Å². The van der Waals surface area contributed by atoms with Gasteiger partial charge in [-0.15, -0.1) is 45.3 Å². The normalized spacial score (nSPS) is 8.57. The standard InChI is InChI=1S/C8H6N2.C8H7N.C8H6S.C7H6N2.C6H4S2.C5H5N.5C4H4N2.C4H5N.C4H4O.C4H4S.3C3H4N2.2C3H3NO.2C3H3NS.3CH4/c1-2-4-8-7(3-1)9-5-6-10-8;2*1-2-4-8-7(3-1)5-6-9-8;1-2-4-7-6(3-1)8-5-9-7;1-3-7-6-2-4-8-5(1)6;1-2-4-6-5-3-1;1-2-6-4-3-5-1;3*1-2-5-4-6-3-1;1-2-4-6-5-3-1;3*1-2-4-5-3-1;2*1-2-5-3-4-1;1-2-4-5-3-1;1-2-5-3-4-1;1-2-4-5-3-1;1-2-5-3-4-1;1-2-4-5-3-1;;;/h1-6H;1-6,9H;1-6H;1-5H,(H,8,9);1-4H;1-5H;5*1-4H;1-5H;2*1-4H;3*1-3H,(H,4,5);4*1-3H;3*1H4. The van der Waals surface area contributed by atoms with E-state index in [1.54, 1.807) is 279 Å². The zero-order valence-corrected chi connectivity index (χ0v) is 75.0. The van der Waals surface area contributed by atoms with Gasteiger partial charge in [-0.2, -0.15) is 26.6 Å². The minimum atomic E-state index is 0. The van der Waals surface area contributed by atoms with Gasteiger partial charge in [0.2, 0.25) is 0 Å². The Hall–Kier alpha value is -17.0. The van der Waals surface area contributed by atoms with Gasteiger partial charge in [-0.05, 0) is 195 Å². The molecule has 26 aromatic rings. The van der Waals surface area contributed by atoms with Crippen molar-refractivity contribution in [3.63, 3.8) is 0 Å². The van der Waals surface area contributed by atoms with Crippen LogP contribution in [0.3, 0.4) is 0 Å². The van der Waals surface area contributed by atoms with Crippen LogP contribution in [-0.4, -0.2) is 135 Å². The van der Waals surface area contributed by atoms with Gasteiger partial charge in [-0.25, -0.2) is 54.2 Å². The monoisotopic (exact) mass is 1900 g/mol. The summed E-state index contributed by atoms with van der Waals surface area (Å²) in [5.41, 5.74) is 7.02. The van der Waals surface area contributed by atoms with Crippen molar-refractivity contribution in [2.45, 2.75) is 22.3 Å². The molecule has 22 aromatic heterocycles. The van der Waals surface area contributed by atoms with Crippen LogP contribution in [-0.2, 0) is 0 Å². The highest BCUT2D eigenvalue weighted by atomic mass is 32.1. The fourth-order valence-electron chi connectivity index (χ4n) is 8.05. The quantitative estimate of drug-likeness (QED) is 0.0821. The second-order valence-electron chi connectivity index (χ2n) is 22.6. The molecule has 0 atom stereocenters. The van der Waals surface area contributed by atoms with Crippen LogP contribution in [0.2, 0.25) is 0 Å². The molecule has 0 bridgehead atoms. The summed E-state index contributed by atoms with van der Waals surface area (Å²) in [7, 11) is 0. The Morgan fingerprint density at radius 2 is 0.813 bits per heavy atom. The number of furan rings is 1. The SMILES string of the molecule is C.C.C.c1c[nH]cn1.c1c[nH]cn1.c1cc2sccc2s1.c1cc[nH]c1.c1ccc2[nH]ccc2c1.c1ccc2[nH]cnc2c1.c1ccc2nccnc2c1.c1ccc2sccc2c1.c1ccncc1.c1ccnnc1.c1ccoc1.c1ccsc1.c1cn[nH]c1.c1cnccn1.c1cncnc1.c1cncnc1.c1cncnc1.c1cnoc1.c1cnsc1.c1cocn1.c1cscn1. The van der Waals surface area contributed by atoms with E-state index in [0.717, 1.165) is 22.1 Å². The minimum Gasteiger partial charge on any atom is -0.473 e. The molecule has 684 valence electrons. The number of fused-ring (bicyclic) bond motifs is 5. The topological polar surface area (TPSA) is 405 Å². The summed E-state index contributed by atoms with van der Waals surface area (Å²) in [6.45, 7) is 0. The third-order valence-corrected chi connectivity index (χ3v) is 18.0. The maximum absolute atomic E-state index is 4.58. The molecule has 0 unspecified atom stereocenters. The molecule has 26 rings (SSSR count). The third-order valence-electron chi connectivity index (χ3n) is 13.5. The molecule has 0 aliphatic carbocycles. The second-order valence-corrected chi connectivity index (χ2v) is 27.7. The zero-order valence-electron chi connectivity index (χ0n) is 70.1. The number of nitrogens with zero attached hydrogens (tertiary/aromatic N) is 21. The number of benzene rings is 4. The van der Waals surface area contributed by atoms with E-state index in [1.165, 1.54) is 79.8 Å². The molecule has 0 radical (unpaired) electrons. The van der Waals surface area contributed by atoms with E-state index in [2.05, 4.69) is 225 Å². The highest BCUT2D eigenvalue weighted by Gasteiger charge is 1.93. The Kier molecular flexibility index (Phi) is 70.8. The Morgan fingerprint density at radius 3 is 1.13 bits per heavy atom. The summed E-state index contributed by atoms with van der Waals surface area (Å²) >= 11 is 10.2. The van der Waals surface area contributed by atoms with Crippen LogP contribution >= 0.6 is 68.2 Å². The molecule has 36 heteroatoms. The molecule has 22 heterocycles. The lowest BCUT2D eigenvalue weighted by molar-refractivity contribution is 0.420. The van der Waals surface area contributed by atoms with E-state index in [0.29, 0.717) is 0 Å². The van der Waals surface area contributed by atoms with E-state index in [9.17, 15) is 0 Å². The van der Waals surface area contributed by atoms with E-state index in [4.69, 9.17) is 0 Å². The predicted octanol–water partition coefficient (Wildman–Crippen LogP) is 25.5. The maximum atomic E-state index is 4.58. The van der Waals surface area contributed by atoms with Gasteiger partial charge >= 0.3 is 0 Å². The molecule has 0 fully saturated rings. The molecule has 6 N–H and O–H groups in total. The lowest BCUT2D eigenvalue weighted by Gasteiger charge is -1.90. The van der Waals surface area contributed by atoms with Gasteiger partial charge in [0, 0.05) is 198 Å². The number of para-hydroxylation sites is 5. The average Bonchev–Trinajstić information content (AvgIpc) is 1.79. The first-order valence-corrected chi connectivity index (χ1v) is 44.1. The number of imidazole rings is 3. The van der Waals surface area contributed by atoms with Crippen LogP contribution in [0.4, 0.5) is 0 Å². The van der Waals surface area contributed by atoms with Gasteiger partial charge < -0.3 is 38.3 Å². The molecule has 0 saturated carbocycles. The maximum Gasteiger partial charge on any atom is 0.180 e. The number of thiazole rings is 1. The molecule has 134 heavy (non-hydrogen) atoms. The summed E-state index contributed by atoms with van der Waals surface area (Å²) < 4.78 is 21.3. The molecule has 4 aromatic carbocycles. The number of oxazole rings is 1. The molecular weight excluding hydrogens is 1800 g/mol. The molecule has 30 nitrogen and oxygen atoms in total. The van der Waals surface area contributed by atoms with Gasteiger partial charge in [-0.3, -0.25) is 35.0 Å². The second kappa shape index (κ2) is 85.4. The highest BCUT2D eigenvalue weighted by Crippen LogP contribution is 2.25. The van der Waals surface area contributed by atoms with Gasteiger partial charge in [0.25, 0.3) is 0 Å². The summed E-state index contributed by atoms with van der Waals surface area (Å²) in [6.07, 6.45) is 66.7. The number of aromatic amines is 6. The van der Waals surface area contributed by atoms with Gasteiger partial charge in [-0.1, -0.05) is 106 Å². The molecule has 0 spiro atoms.